The molecule has 2 rings (SSSR count). The first-order valence-electron chi connectivity index (χ1n) is 7.66. The van der Waals surface area contributed by atoms with Crippen LogP contribution in [-0.4, -0.2) is 33.8 Å². The molecule has 0 spiro atoms. The van der Waals surface area contributed by atoms with E-state index in [1.165, 1.54) is 0 Å². The molecule has 7 nitrogen and oxygen atoms in total. The summed E-state index contributed by atoms with van der Waals surface area (Å²) in [4.78, 5) is 4.20. The van der Waals surface area contributed by atoms with Crippen LogP contribution in [0.5, 0.6) is 5.75 Å². The highest BCUT2D eigenvalue weighted by molar-refractivity contribution is 7.92. The van der Waals surface area contributed by atoms with Gasteiger partial charge < -0.3 is 15.8 Å². The molecule has 0 aromatic heterocycles. The molecule has 0 atom stereocenters. The number of aryl methyl sites for hydroxylation is 1. The fourth-order valence-corrected chi connectivity index (χ4v) is 2.64. The molecule has 0 aliphatic rings. The number of benzene rings is 2. The summed E-state index contributed by atoms with van der Waals surface area (Å²) in [5, 5.41) is 3.02. The van der Waals surface area contributed by atoms with Crippen molar-refractivity contribution in [2.24, 2.45) is 10.7 Å². The smallest absolute Gasteiger partial charge is 0.229 e. The van der Waals surface area contributed by atoms with Crippen LogP contribution >= 0.6 is 0 Å². The minimum atomic E-state index is -3.28. The maximum atomic E-state index is 11.1. The molecule has 134 valence electrons. The Morgan fingerprint density at radius 3 is 2.52 bits per heavy atom. The van der Waals surface area contributed by atoms with Crippen molar-refractivity contribution in [2.75, 3.05) is 29.4 Å². The van der Waals surface area contributed by atoms with Gasteiger partial charge in [0.1, 0.15) is 12.4 Å². The van der Waals surface area contributed by atoms with E-state index >= 15 is 0 Å². The van der Waals surface area contributed by atoms with Gasteiger partial charge in [0.25, 0.3) is 0 Å². The monoisotopic (exact) mass is 362 g/mol. The fraction of sp³-hybridized carbons (Fsp3) is 0.235. The first kappa shape index (κ1) is 18.6. The molecule has 0 bridgehead atoms. The van der Waals surface area contributed by atoms with Gasteiger partial charge in [-0.05, 0) is 48.9 Å². The zero-order valence-corrected chi connectivity index (χ0v) is 15.0. The van der Waals surface area contributed by atoms with Gasteiger partial charge in [-0.1, -0.05) is 12.1 Å². The van der Waals surface area contributed by atoms with Gasteiger partial charge in [0, 0.05) is 11.4 Å². The van der Waals surface area contributed by atoms with Gasteiger partial charge in [-0.15, -0.1) is 0 Å². The summed E-state index contributed by atoms with van der Waals surface area (Å²) in [7, 11) is -3.28. The Bertz CT molecular complexity index is 833. The second kappa shape index (κ2) is 8.39. The topological polar surface area (TPSA) is 106 Å². The Kier molecular flexibility index (Phi) is 6.24. The first-order valence-corrected chi connectivity index (χ1v) is 9.55. The van der Waals surface area contributed by atoms with Crippen molar-refractivity contribution in [3.05, 3.63) is 54.1 Å². The van der Waals surface area contributed by atoms with Gasteiger partial charge in [0.15, 0.2) is 5.96 Å². The predicted octanol–water partition coefficient (Wildman–Crippen LogP) is 2.17. The Balaban J connectivity index is 1.78. The molecule has 0 unspecified atom stereocenters. The van der Waals surface area contributed by atoms with Gasteiger partial charge >= 0.3 is 0 Å². The van der Waals surface area contributed by atoms with Crippen molar-refractivity contribution >= 4 is 27.4 Å². The van der Waals surface area contributed by atoms with Crippen molar-refractivity contribution in [1.29, 1.82) is 0 Å². The number of nitrogens with one attached hydrogen (secondary N) is 2. The molecule has 4 N–H and O–H groups in total. The number of guanidine groups is 1. The van der Waals surface area contributed by atoms with Gasteiger partial charge in [-0.2, -0.15) is 0 Å². The third-order valence-electron chi connectivity index (χ3n) is 3.09. The van der Waals surface area contributed by atoms with Gasteiger partial charge in [-0.25, -0.2) is 13.4 Å². The lowest BCUT2D eigenvalue weighted by Crippen LogP contribution is -2.23. The van der Waals surface area contributed by atoms with Crippen molar-refractivity contribution in [3.63, 3.8) is 0 Å². The normalized spacial score (nSPS) is 11.8. The van der Waals surface area contributed by atoms with Crippen LogP contribution in [0.25, 0.3) is 0 Å². The maximum absolute atomic E-state index is 11.1. The van der Waals surface area contributed by atoms with E-state index in [4.69, 9.17) is 10.5 Å². The predicted molar refractivity (Wildman–Crippen MR) is 102 cm³/mol. The van der Waals surface area contributed by atoms with E-state index in [0.29, 0.717) is 30.5 Å². The second-order valence-electron chi connectivity index (χ2n) is 5.51. The quantitative estimate of drug-likeness (QED) is 0.398. The summed E-state index contributed by atoms with van der Waals surface area (Å²) in [5.74, 6) is 0.946. The third-order valence-corrected chi connectivity index (χ3v) is 3.70. The zero-order chi connectivity index (χ0) is 18.3. The average Bonchev–Trinajstić information content (AvgIpc) is 2.52. The summed E-state index contributed by atoms with van der Waals surface area (Å²) >= 11 is 0. The van der Waals surface area contributed by atoms with Crippen LogP contribution in [0.4, 0.5) is 11.4 Å². The largest absolute Gasteiger partial charge is 0.492 e. The molecule has 0 aliphatic carbocycles. The molecule has 0 fully saturated rings. The number of anilines is 2. The maximum Gasteiger partial charge on any atom is 0.229 e. The molecule has 0 saturated carbocycles. The van der Waals surface area contributed by atoms with E-state index in [2.05, 4.69) is 15.0 Å². The molecule has 2 aromatic rings. The number of aliphatic imine (C=N–C) groups is 1. The van der Waals surface area contributed by atoms with Crippen molar-refractivity contribution < 1.29 is 13.2 Å². The van der Waals surface area contributed by atoms with Crippen LogP contribution in [0.3, 0.4) is 0 Å². The molecule has 2 aromatic carbocycles. The SMILES string of the molecule is Cc1cccc(NC(N)=NCCOc2ccc(NS(C)(=O)=O)cc2)c1. The van der Waals surface area contributed by atoms with E-state index in [0.717, 1.165) is 17.5 Å². The molecule has 0 heterocycles. The van der Waals surface area contributed by atoms with Crippen LogP contribution in [-0.2, 0) is 10.0 Å². The highest BCUT2D eigenvalue weighted by Gasteiger charge is 2.02. The summed E-state index contributed by atoms with van der Waals surface area (Å²) in [6.07, 6.45) is 1.10. The molecule has 0 saturated heterocycles. The number of nitrogens with two attached hydrogens (primary N) is 1. The van der Waals surface area contributed by atoms with E-state index in [-0.39, 0.29) is 0 Å². The molecule has 0 amide bonds. The summed E-state index contributed by atoms with van der Waals surface area (Å²) in [6, 6.07) is 14.5. The minimum absolute atomic E-state index is 0.321. The van der Waals surface area contributed by atoms with Gasteiger partial charge in [0.05, 0.1) is 12.8 Å². The number of sulfonamides is 1. The van der Waals surface area contributed by atoms with Gasteiger partial charge in [0.2, 0.25) is 10.0 Å². The molecule has 0 radical (unpaired) electrons. The van der Waals surface area contributed by atoms with E-state index in [1.54, 1.807) is 24.3 Å². The Hall–Kier alpha value is -2.74. The summed E-state index contributed by atoms with van der Waals surface area (Å²) < 4.78 is 30.2. The van der Waals surface area contributed by atoms with Crippen LogP contribution in [0, 0.1) is 6.92 Å². The van der Waals surface area contributed by atoms with Gasteiger partial charge in [-0.3, -0.25) is 4.72 Å². The third kappa shape index (κ3) is 7.13. The molecular weight excluding hydrogens is 340 g/mol. The molecule has 0 aliphatic heterocycles. The molecular formula is C17H22N4O3S. The van der Waals surface area contributed by atoms with E-state index < -0.39 is 10.0 Å². The zero-order valence-electron chi connectivity index (χ0n) is 14.2. The fourth-order valence-electron chi connectivity index (χ4n) is 2.07. The lowest BCUT2D eigenvalue weighted by atomic mass is 10.2. The van der Waals surface area contributed by atoms with E-state index in [9.17, 15) is 8.42 Å². The van der Waals surface area contributed by atoms with Crippen LogP contribution in [0.1, 0.15) is 5.56 Å². The van der Waals surface area contributed by atoms with E-state index in [1.807, 2.05) is 31.2 Å². The van der Waals surface area contributed by atoms with Crippen molar-refractivity contribution in [1.82, 2.24) is 0 Å². The standard InChI is InChI=1S/C17H22N4O3S/c1-13-4-3-5-15(12-13)20-17(18)19-10-11-24-16-8-6-14(7-9-16)21-25(2,22)23/h3-9,12,21H,10-11H2,1-2H3,(H3,18,19,20). The van der Waals surface area contributed by atoms with Crippen LogP contribution in [0.15, 0.2) is 53.5 Å². The molecule has 25 heavy (non-hydrogen) atoms. The van der Waals surface area contributed by atoms with Crippen LogP contribution in [0.2, 0.25) is 0 Å². The average molecular weight is 362 g/mol. The van der Waals surface area contributed by atoms with Crippen molar-refractivity contribution in [2.45, 2.75) is 6.92 Å². The second-order valence-corrected chi connectivity index (χ2v) is 7.26. The lowest BCUT2D eigenvalue weighted by molar-refractivity contribution is 0.329. The lowest BCUT2D eigenvalue weighted by Gasteiger charge is -2.08. The Labute approximate surface area is 148 Å². The first-order chi connectivity index (χ1) is 11.8. The highest BCUT2D eigenvalue weighted by Crippen LogP contribution is 2.16. The summed E-state index contributed by atoms with van der Waals surface area (Å²) in [6.45, 7) is 2.76. The number of nitrogens with zero attached hydrogens (tertiary/aromatic N) is 1. The Morgan fingerprint density at radius 1 is 1.16 bits per heavy atom. The summed E-state index contributed by atoms with van der Waals surface area (Å²) in [5.41, 5.74) is 8.34. The number of hydrogen-bond donors (Lipinski definition) is 3. The number of rotatable bonds is 7. The highest BCUT2D eigenvalue weighted by atomic mass is 32.2. The number of ether oxygens (including phenoxy) is 1. The van der Waals surface area contributed by atoms with Crippen molar-refractivity contribution in [3.8, 4) is 5.75 Å². The number of hydrogen-bond acceptors (Lipinski definition) is 4. The minimum Gasteiger partial charge on any atom is -0.492 e. The van der Waals surface area contributed by atoms with Crippen LogP contribution < -0.4 is 20.5 Å². The Morgan fingerprint density at radius 2 is 1.88 bits per heavy atom. The molecule has 8 heteroatoms.